The van der Waals surface area contributed by atoms with E-state index in [9.17, 15) is 4.79 Å². The van der Waals surface area contributed by atoms with E-state index in [2.05, 4.69) is 26.2 Å². The van der Waals surface area contributed by atoms with Crippen LogP contribution in [-0.2, 0) is 0 Å². The second kappa shape index (κ2) is 7.13. The van der Waals surface area contributed by atoms with Crippen molar-refractivity contribution in [1.82, 2.24) is 4.98 Å². The molecular weight excluding hydrogens is 390 g/mol. The van der Waals surface area contributed by atoms with Crippen molar-refractivity contribution in [3.05, 3.63) is 50.7 Å². The number of anilines is 2. The van der Waals surface area contributed by atoms with Gasteiger partial charge in [-0.3, -0.25) is 0 Å². The van der Waals surface area contributed by atoms with Gasteiger partial charge in [-0.2, -0.15) is 0 Å². The number of rotatable bonds is 3. The van der Waals surface area contributed by atoms with Crippen molar-refractivity contribution in [3.63, 3.8) is 0 Å². The molecule has 2 N–H and O–H groups in total. The van der Waals surface area contributed by atoms with Gasteiger partial charge in [0.1, 0.15) is 10.7 Å². The van der Waals surface area contributed by atoms with Crippen LogP contribution in [0.1, 0.15) is 10.4 Å². The van der Waals surface area contributed by atoms with Crippen LogP contribution in [0.15, 0.2) is 34.9 Å². The maximum atomic E-state index is 11.1. The fourth-order valence-corrected chi connectivity index (χ4v) is 2.32. The van der Waals surface area contributed by atoms with Crippen LogP contribution < -0.4 is 5.32 Å². The molecule has 0 aliphatic rings. The Bertz CT molecular complexity index is 653. The van der Waals surface area contributed by atoms with Gasteiger partial charge in [0.25, 0.3) is 0 Å². The molecule has 0 radical (unpaired) electrons. The zero-order valence-electron chi connectivity index (χ0n) is 9.73. The molecule has 0 bridgehead atoms. The number of hydrogen-bond donors (Lipinski definition) is 2. The predicted molar refractivity (Wildman–Crippen MR) is 85.9 cm³/mol. The van der Waals surface area contributed by atoms with E-state index >= 15 is 0 Å². The first kappa shape index (κ1) is 17.0. The van der Waals surface area contributed by atoms with Gasteiger partial charge < -0.3 is 10.4 Å². The van der Waals surface area contributed by atoms with E-state index in [0.29, 0.717) is 16.4 Å². The number of halogens is 4. The first-order valence-corrected chi connectivity index (χ1v) is 6.63. The van der Waals surface area contributed by atoms with E-state index in [-0.39, 0.29) is 23.1 Å². The highest BCUT2D eigenvalue weighted by molar-refractivity contribution is 9.10. The van der Waals surface area contributed by atoms with Gasteiger partial charge in [0.05, 0.1) is 16.4 Å². The minimum atomic E-state index is -1.10. The summed E-state index contributed by atoms with van der Waals surface area (Å²) in [6.07, 6.45) is 1.19. The van der Waals surface area contributed by atoms with Crippen molar-refractivity contribution in [1.29, 1.82) is 0 Å². The third-order valence-corrected chi connectivity index (χ3v) is 3.31. The third-order valence-electron chi connectivity index (χ3n) is 2.30. The van der Waals surface area contributed by atoms with Crippen LogP contribution in [0.3, 0.4) is 0 Å². The standard InChI is InChI=1S/C12H7BrCl2N2O2.ClH/c13-6-1-2-9(8(14)3-6)17-10-4-11(15)16-5-7(10)12(18)19;/h1-5H,(H,16,17)(H,18,19);1H. The summed E-state index contributed by atoms with van der Waals surface area (Å²) < 4.78 is 0.828. The number of benzene rings is 1. The third kappa shape index (κ3) is 3.99. The van der Waals surface area contributed by atoms with Crippen molar-refractivity contribution in [3.8, 4) is 0 Å². The fraction of sp³-hybridized carbons (Fsp3) is 0. The molecule has 0 unspecified atom stereocenters. The summed E-state index contributed by atoms with van der Waals surface area (Å²) in [6, 6.07) is 6.65. The summed E-state index contributed by atoms with van der Waals surface area (Å²) in [7, 11) is 0. The normalized spacial score (nSPS) is 9.75. The molecule has 8 heteroatoms. The zero-order valence-corrected chi connectivity index (χ0v) is 13.6. The molecule has 2 rings (SSSR count). The maximum absolute atomic E-state index is 11.1. The number of aromatic carboxylic acids is 1. The van der Waals surface area contributed by atoms with E-state index in [1.165, 1.54) is 12.3 Å². The molecular formula is C12H8BrCl3N2O2. The molecule has 0 aliphatic heterocycles. The van der Waals surface area contributed by atoms with Gasteiger partial charge in [-0.25, -0.2) is 9.78 Å². The minimum absolute atomic E-state index is 0. The van der Waals surface area contributed by atoms with E-state index in [0.717, 1.165) is 4.47 Å². The predicted octanol–water partition coefficient (Wildman–Crippen LogP) is 5.01. The Hall–Kier alpha value is -1.01. The van der Waals surface area contributed by atoms with E-state index in [4.69, 9.17) is 28.3 Å². The molecule has 0 atom stereocenters. The molecule has 0 spiro atoms. The Balaban J connectivity index is 0.00000200. The average molecular weight is 398 g/mol. The van der Waals surface area contributed by atoms with Crippen molar-refractivity contribution in [2.45, 2.75) is 0 Å². The van der Waals surface area contributed by atoms with Crippen LogP contribution in [0.4, 0.5) is 11.4 Å². The summed E-state index contributed by atoms with van der Waals surface area (Å²) in [5.74, 6) is -1.10. The lowest BCUT2D eigenvalue weighted by atomic mass is 10.2. The van der Waals surface area contributed by atoms with Crippen molar-refractivity contribution >= 4 is 68.9 Å². The molecule has 0 fully saturated rings. The Morgan fingerprint density at radius 1 is 1.25 bits per heavy atom. The molecule has 1 aromatic heterocycles. The molecule has 1 heterocycles. The lowest BCUT2D eigenvalue weighted by molar-refractivity contribution is 0.0697. The SMILES string of the molecule is Cl.O=C(O)c1cnc(Cl)cc1Nc1ccc(Br)cc1Cl. The fourth-order valence-electron chi connectivity index (χ4n) is 1.44. The lowest BCUT2D eigenvalue weighted by Gasteiger charge is -2.11. The maximum Gasteiger partial charge on any atom is 0.339 e. The number of nitrogens with one attached hydrogen (secondary N) is 1. The van der Waals surface area contributed by atoms with Crippen LogP contribution >= 0.6 is 51.5 Å². The van der Waals surface area contributed by atoms with Crippen LogP contribution in [0, 0.1) is 0 Å². The van der Waals surface area contributed by atoms with Gasteiger partial charge in [-0.15, -0.1) is 12.4 Å². The highest BCUT2D eigenvalue weighted by Gasteiger charge is 2.12. The van der Waals surface area contributed by atoms with Crippen molar-refractivity contribution < 1.29 is 9.90 Å². The van der Waals surface area contributed by atoms with Crippen LogP contribution in [0.5, 0.6) is 0 Å². The second-order valence-electron chi connectivity index (χ2n) is 3.61. The number of carbonyl (C=O) groups is 1. The van der Waals surface area contributed by atoms with Crippen LogP contribution in [0.25, 0.3) is 0 Å². The minimum Gasteiger partial charge on any atom is -0.478 e. The monoisotopic (exact) mass is 396 g/mol. The first-order valence-electron chi connectivity index (χ1n) is 5.08. The Morgan fingerprint density at radius 3 is 2.55 bits per heavy atom. The van der Waals surface area contributed by atoms with E-state index in [1.54, 1.807) is 18.2 Å². The smallest absolute Gasteiger partial charge is 0.339 e. The largest absolute Gasteiger partial charge is 0.478 e. The summed E-state index contributed by atoms with van der Waals surface area (Å²) in [4.78, 5) is 14.8. The summed E-state index contributed by atoms with van der Waals surface area (Å²) in [5, 5.41) is 12.7. The van der Waals surface area contributed by atoms with Crippen molar-refractivity contribution in [2.75, 3.05) is 5.32 Å². The summed E-state index contributed by atoms with van der Waals surface area (Å²) >= 11 is 15.1. The molecule has 106 valence electrons. The topological polar surface area (TPSA) is 62.2 Å². The zero-order chi connectivity index (χ0) is 14.0. The highest BCUT2D eigenvalue weighted by atomic mass is 79.9. The molecule has 4 nitrogen and oxygen atoms in total. The van der Waals surface area contributed by atoms with Crippen LogP contribution in [0.2, 0.25) is 10.2 Å². The second-order valence-corrected chi connectivity index (χ2v) is 5.32. The number of carboxylic acid groups (broad SMARTS) is 1. The highest BCUT2D eigenvalue weighted by Crippen LogP contribution is 2.30. The van der Waals surface area contributed by atoms with Gasteiger partial charge in [0.15, 0.2) is 0 Å². The summed E-state index contributed by atoms with van der Waals surface area (Å²) in [6.45, 7) is 0. The number of pyridine rings is 1. The quantitative estimate of drug-likeness (QED) is 0.713. The molecule has 1 aromatic carbocycles. The number of hydrogen-bond acceptors (Lipinski definition) is 3. The van der Waals surface area contributed by atoms with Gasteiger partial charge in [0, 0.05) is 10.7 Å². The number of carboxylic acids is 1. The molecule has 0 saturated heterocycles. The Kier molecular flexibility index (Phi) is 6.07. The molecule has 2 aromatic rings. The van der Waals surface area contributed by atoms with Gasteiger partial charge in [0.2, 0.25) is 0 Å². The lowest BCUT2D eigenvalue weighted by Crippen LogP contribution is -2.04. The molecule has 0 aliphatic carbocycles. The summed E-state index contributed by atoms with van der Waals surface area (Å²) in [5.41, 5.74) is 0.926. The molecule has 20 heavy (non-hydrogen) atoms. The van der Waals surface area contributed by atoms with Gasteiger partial charge >= 0.3 is 5.97 Å². The van der Waals surface area contributed by atoms with Gasteiger partial charge in [-0.1, -0.05) is 39.1 Å². The Morgan fingerprint density at radius 2 is 1.95 bits per heavy atom. The van der Waals surface area contributed by atoms with Crippen molar-refractivity contribution in [2.24, 2.45) is 0 Å². The number of aromatic nitrogens is 1. The Labute approximate surface area is 139 Å². The first-order chi connectivity index (χ1) is 8.97. The molecule has 0 saturated carbocycles. The molecule has 0 amide bonds. The van der Waals surface area contributed by atoms with E-state index in [1.807, 2.05) is 0 Å². The average Bonchev–Trinajstić information content (AvgIpc) is 2.32. The number of nitrogens with zero attached hydrogens (tertiary/aromatic N) is 1. The van der Waals surface area contributed by atoms with Crippen LogP contribution in [-0.4, -0.2) is 16.1 Å². The van der Waals surface area contributed by atoms with E-state index < -0.39 is 5.97 Å². The van der Waals surface area contributed by atoms with Gasteiger partial charge in [-0.05, 0) is 24.3 Å².